The van der Waals surface area contributed by atoms with Gasteiger partial charge in [-0.15, -0.1) is 0 Å². The van der Waals surface area contributed by atoms with Gasteiger partial charge in [-0.3, -0.25) is 9.59 Å². The van der Waals surface area contributed by atoms with Crippen molar-refractivity contribution in [2.24, 2.45) is 34.0 Å². The predicted molar refractivity (Wildman–Crippen MR) is 86.4 cm³/mol. The second-order valence-electron chi connectivity index (χ2n) is 9.53. The summed E-state index contributed by atoms with van der Waals surface area (Å²) in [6.45, 7) is 7.12. The molecule has 0 amide bonds. The van der Waals surface area contributed by atoms with Gasteiger partial charge in [-0.1, -0.05) is 20.8 Å². The fraction of sp³-hybridized carbons (Fsp3) is 0.900. The molecule has 6 atom stereocenters. The molecule has 4 rings (SSSR count). The predicted octanol–water partition coefficient (Wildman–Crippen LogP) is 4.56. The van der Waals surface area contributed by atoms with Gasteiger partial charge in [0, 0.05) is 24.7 Å². The van der Waals surface area contributed by atoms with E-state index in [1.165, 1.54) is 19.3 Å². The molecular formula is C20H30O2. The molecule has 6 unspecified atom stereocenters. The largest absolute Gasteiger partial charge is 0.300 e. The van der Waals surface area contributed by atoms with E-state index in [1.807, 2.05) is 0 Å². The molecule has 0 aromatic heterocycles. The van der Waals surface area contributed by atoms with E-state index in [0.717, 1.165) is 50.4 Å². The highest BCUT2D eigenvalue weighted by molar-refractivity contribution is 5.87. The Kier molecular flexibility index (Phi) is 3.02. The Hall–Kier alpha value is -0.660. The van der Waals surface area contributed by atoms with Crippen molar-refractivity contribution in [1.29, 1.82) is 0 Å². The average molecular weight is 302 g/mol. The minimum atomic E-state index is -0.0181. The second kappa shape index (κ2) is 4.45. The van der Waals surface area contributed by atoms with Crippen molar-refractivity contribution in [3.8, 4) is 0 Å². The van der Waals surface area contributed by atoms with Gasteiger partial charge >= 0.3 is 0 Å². The standard InChI is InChI=1S/C20H30O2/c1-18-9-7-14-15-4-5-17(22)19(15,2)10-8-16(14)20(18,3)11-6-13(21)12-18/h14-16H,4-12H2,1-3H3. The monoisotopic (exact) mass is 302 g/mol. The normalized spacial score (nSPS) is 54.6. The van der Waals surface area contributed by atoms with Crippen molar-refractivity contribution in [2.45, 2.75) is 78.6 Å². The molecule has 0 spiro atoms. The van der Waals surface area contributed by atoms with Crippen molar-refractivity contribution in [2.75, 3.05) is 0 Å². The lowest BCUT2D eigenvalue weighted by Crippen LogP contribution is -2.57. The molecule has 0 radical (unpaired) electrons. The molecule has 0 bridgehead atoms. The highest BCUT2D eigenvalue weighted by atomic mass is 16.1. The smallest absolute Gasteiger partial charge is 0.139 e. The summed E-state index contributed by atoms with van der Waals surface area (Å²) in [4.78, 5) is 24.5. The van der Waals surface area contributed by atoms with Gasteiger partial charge in [0.1, 0.15) is 11.6 Å². The molecule has 4 aliphatic rings. The molecule has 0 aliphatic heterocycles. The Labute approximate surface area is 134 Å². The van der Waals surface area contributed by atoms with Crippen LogP contribution in [0.4, 0.5) is 0 Å². The van der Waals surface area contributed by atoms with E-state index in [4.69, 9.17) is 0 Å². The van der Waals surface area contributed by atoms with Crippen molar-refractivity contribution >= 4 is 11.6 Å². The average Bonchev–Trinajstić information content (AvgIpc) is 2.76. The molecule has 0 saturated heterocycles. The SMILES string of the molecule is CC12CCC3C(CCC4(C)CC(=O)CCC34C)C1CCC2=O. The zero-order valence-electron chi connectivity index (χ0n) is 14.4. The molecule has 0 N–H and O–H groups in total. The number of carbonyl (C=O) groups excluding carboxylic acids is 2. The van der Waals surface area contributed by atoms with Gasteiger partial charge < -0.3 is 0 Å². The summed E-state index contributed by atoms with van der Waals surface area (Å²) in [5.74, 6) is 3.11. The third-order valence-electron chi connectivity index (χ3n) is 8.88. The van der Waals surface area contributed by atoms with E-state index in [9.17, 15) is 9.59 Å². The van der Waals surface area contributed by atoms with Crippen LogP contribution in [0.5, 0.6) is 0 Å². The summed E-state index contributed by atoms with van der Waals surface area (Å²) in [5, 5.41) is 0. The highest BCUT2D eigenvalue weighted by Gasteiger charge is 2.63. The topological polar surface area (TPSA) is 34.1 Å². The van der Waals surface area contributed by atoms with Crippen LogP contribution in [-0.4, -0.2) is 11.6 Å². The molecule has 4 fully saturated rings. The Morgan fingerprint density at radius 3 is 2.41 bits per heavy atom. The summed E-state index contributed by atoms with van der Waals surface area (Å²) < 4.78 is 0. The minimum Gasteiger partial charge on any atom is -0.300 e. The van der Waals surface area contributed by atoms with E-state index in [-0.39, 0.29) is 10.8 Å². The zero-order valence-corrected chi connectivity index (χ0v) is 14.4. The lowest BCUT2D eigenvalue weighted by atomic mass is 9.41. The van der Waals surface area contributed by atoms with Gasteiger partial charge in [0.2, 0.25) is 0 Å². The summed E-state index contributed by atoms with van der Waals surface area (Å²) in [6, 6.07) is 0. The quantitative estimate of drug-likeness (QED) is 0.657. The second-order valence-corrected chi connectivity index (χ2v) is 9.53. The molecule has 122 valence electrons. The van der Waals surface area contributed by atoms with Crippen LogP contribution in [0.1, 0.15) is 78.6 Å². The molecule has 0 heterocycles. The maximum Gasteiger partial charge on any atom is 0.139 e. The van der Waals surface area contributed by atoms with Gasteiger partial charge in [-0.2, -0.15) is 0 Å². The van der Waals surface area contributed by atoms with Crippen LogP contribution in [0, 0.1) is 34.0 Å². The van der Waals surface area contributed by atoms with Gasteiger partial charge in [-0.05, 0) is 67.1 Å². The number of rotatable bonds is 0. The van der Waals surface area contributed by atoms with Crippen molar-refractivity contribution in [3.63, 3.8) is 0 Å². The number of carbonyl (C=O) groups is 2. The molecule has 0 aromatic rings. The van der Waals surface area contributed by atoms with Crippen LogP contribution in [0.15, 0.2) is 0 Å². The van der Waals surface area contributed by atoms with E-state index in [1.54, 1.807) is 0 Å². The summed E-state index contributed by atoms with van der Waals surface area (Å²) in [5.41, 5.74) is 0.506. The van der Waals surface area contributed by atoms with Gasteiger partial charge in [0.15, 0.2) is 0 Å². The maximum absolute atomic E-state index is 12.4. The molecular weight excluding hydrogens is 272 g/mol. The van der Waals surface area contributed by atoms with Crippen LogP contribution >= 0.6 is 0 Å². The first-order valence-corrected chi connectivity index (χ1v) is 9.35. The van der Waals surface area contributed by atoms with Gasteiger partial charge in [0.25, 0.3) is 0 Å². The lowest BCUT2D eigenvalue weighted by molar-refractivity contribution is -0.163. The molecule has 4 saturated carbocycles. The third kappa shape index (κ3) is 1.67. The minimum absolute atomic E-state index is 0.0181. The Bertz CT molecular complexity index is 538. The fourth-order valence-electron chi connectivity index (χ4n) is 7.17. The Morgan fingerprint density at radius 1 is 0.864 bits per heavy atom. The van der Waals surface area contributed by atoms with E-state index in [0.29, 0.717) is 22.9 Å². The number of hydrogen-bond acceptors (Lipinski definition) is 2. The fourth-order valence-corrected chi connectivity index (χ4v) is 7.17. The van der Waals surface area contributed by atoms with Crippen LogP contribution in [-0.2, 0) is 9.59 Å². The number of ketones is 2. The molecule has 2 heteroatoms. The summed E-state index contributed by atoms with van der Waals surface area (Å²) in [6.07, 6.45) is 9.36. The van der Waals surface area contributed by atoms with E-state index < -0.39 is 0 Å². The number of Topliss-reactive ketones (excluding diaryl/α,β-unsaturated/α-hetero) is 2. The third-order valence-corrected chi connectivity index (χ3v) is 8.88. The Balaban J connectivity index is 1.69. The molecule has 0 aromatic carbocycles. The van der Waals surface area contributed by atoms with E-state index in [2.05, 4.69) is 20.8 Å². The summed E-state index contributed by atoms with van der Waals surface area (Å²) in [7, 11) is 0. The van der Waals surface area contributed by atoms with Crippen LogP contribution in [0.25, 0.3) is 0 Å². The van der Waals surface area contributed by atoms with Gasteiger partial charge in [-0.25, -0.2) is 0 Å². The van der Waals surface area contributed by atoms with Gasteiger partial charge in [0.05, 0.1) is 0 Å². The first kappa shape index (κ1) is 14.9. The molecule has 22 heavy (non-hydrogen) atoms. The first-order valence-electron chi connectivity index (χ1n) is 9.35. The van der Waals surface area contributed by atoms with E-state index >= 15 is 0 Å². The van der Waals surface area contributed by atoms with Crippen molar-refractivity contribution in [3.05, 3.63) is 0 Å². The maximum atomic E-state index is 12.4. The van der Waals surface area contributed by atoms with Crippen LogP contribution in [0.3, 0.4) is 0 Å². The van der Waals surface area contributed by atoms with Crippen LogP contribution in [0.2, 0.25) is 0 Å². The Morgan fingerprint density at radius 2 is 1.64 bits per heavy atom. The highest BCUT2D eigenvalue weighted by Crippen LogP contribution is 2.68. The lowest BCUT2D eigenvalue weighted by Gasteiger charge is -2.63. The number of hydrogen-bond donors (Lipinski definition) is 0. The van der Waals surface area contributed by atoms with Crippen LogP contribution < -0.4 is 0 Å². The summed E-state index contributed by atoms with van der Waals surface area (Å²) >= 11 is 0. The first-order chi connectivity index (χ1) is 10.3. The molecule has 2 nitrogen and oxygen atoms in total. The molecule has 4 aliphatic carbocycles. The van der Waals surface area contributed by atoms with Crippen molar-refractivity contribution in [1.82, 2.24) is 0 Å². The van der Waals surface area contributed by atoms with Crippen molar-refractivity contribution < 1.29 is 9.59 Å². The number of fused-ring (bicyclic) bond motifs is 5. The zero-order chi connectivity index (χ0) is 15.8.